The average molecular weight is 368 g/mol. The summed E-state index contributed by atoms with van der Waals surface area (Å²) >= 11 is 0. The highest BCUT2D eigenvalue weighted by Crippen LogP contribution is 2.35. The van der Waals surface area contributed by atoms with Crippen molar-refractivity contribution in [3.8, 4) is 28.6 Å². The van der Waals surface area contributed by atoms with Gasteiger partial charge in [0, 0.05) is 24.1 Å². The molecule has 2 aromatic carbocycles. The minimum absolute atomic E-state index is 0.00198. The Kier molecular flexibility index (Phi) is 5.45. The highest BCUT2D eigenvalue weighted by Gasteiger charge is 2.22. The molecule has 0 fully saturated rings. The third kappa shape index (κ3) is 3.95. The molecule has 0 radical (unpaired) electrons. The molecule has 0 amide bonds. The topological polar surface area (TPSA) is 97.0 Å². The van der Waals surface area contributed by atoms with Crippen LogP contribution < -0.4 is 10.2 Å². The Hall–Kier alpha value is -3.28. The van der Waals surface area contributed by atoms with E-state index in [1.54, 1.807) is 30.3 Å². The van der Waals surface area contributed by atoms with Crippen molar-refractivity contribution in [3.05, 3.63) is 52.7 Å². The molecule has 0 aliphatic heterocycles. The Morgan fingerprint density at radius 1 is 1.11 bits per heavy atom. The van der Waals surface area contributed by atoms with Gasteiger partial charge in [0.05, 0.1) is 0 Å². The largest absolute Gasteiger partial charge is 0.508 e. The van der Waals surface area contributed by atoms with Crippen LogP contribution in [0.2, 0.25) is 0 Å². The van der Waals surface area contributed by atoms with Crippen LogP contribution in [0.5, 0.6) is 17.2 Å². The summed E-state index contributed by atoms with van der Waals surface area (Å²) in [7, 11) is 0. The second kappa shape index (κ2) is 7.95. The molecular weight excluding hydrogens is 348 g/mol. The molecule has 6 nitrogen and oxygen atoms in total. The van der Waals surface area contributed by atoms with Crippen LogP contribution in [0.1, 0.15) is 32.6 Å². The first-order valence-corrected chi connectivity index (χ1v) is 8.80. The molecule has 0 bridgehead atoms. The van der Waals surface area contributed by atoms with E-state index in [4.69, 9.17) is 9.15 Å². The van der Waals surface area contributed by atoms with Crippen LogP contribution in [0.15, 0.2) is 51.7 Å². The summed E-state index contributed by atoms with van der Waals surface area (Å²) in [5, 5.41) is 19.6. The molecule has 0 saturated carbocycles. The Balaban J connectivity index is 2.15. The van der Waals surface area contributed by atoms with Gasteiger partial charge in [-0.1, -0.05) is 50.1 Å². The van der Waals surface area contributed by atoms with Crippen molar-refractivity contribution in [2.75, 3.05) is 0 Å². The summed E-state index contributed by atoms with van der Waals surface area (Å²) < 4.78 is 11.1. The van der Waals surface area contributed by atoms with Crippen LogP contribution in [-0.2, 0) is 4.79 Å². The van der Waals surface area contributed by atoms with Crippen molar-refractivity contribution in [3.63, 3.8) is 0 Å². The van der Waals surface area contributed by atoms with E-state index in [2.05, 4.69) is 0 Å². The van der Waals surface area contributed by atoms with Crippen molar-refractivity contribution in [1.29, 1.82) is 0 Å². The molecule has 0 aliphatic carbocycles. The van der Waals surface area contributed by atoms with Crippen molar-refractivity contribution < 1.29 is 24.2 Å². The molecule has 140 valence electrons. The fourth-order valence-electron chi connectivity index (χ4n) is 2.82. The molecule has 2 N–H and O–H groups in total. The lowest BCUT2D eigenvalue weighted by Gasteiger charge is -2.11. The molecule has 6 heteroatoms. The lowest BCUT2D eigenvalue weighted by atomic mass is 10.1. The molecule has 0 aliphatic rings. The number of carbonyl (C=O) groups is 1. The van der Waals surface area contributed by atoms with E-state index in [0.717, 1.165) is 18.9 Å². The van der Waals surface area contributed by atoms with Gasteiger partial charge in [-0.3, -0.25) is 9.59 Å². The van der Waals surface area contributed by atoms with E-state index in [-0.39, 0.29) is 34.6 Å². The number of rotatable bonds is 6. The second-order valence-corrected chi connectivity index (χ2v) is 6.22. The second-order valence-electron chi connectivity index (χ2n) is 6.22. The summed E-state index contributed by atoms with van der Waals surface area (Å²) in [5.41, 5.74) is -0.130. The number of carbonyl (C=O) groups excluding carboxylic acids is 1. The highest BCUT2D eigenvalue weighted by molar-refractivity contribution is 5.89. The first-order valence-electron chi connectivity index (χ1n) is 8.80. The van der Waals surface area contributed by atoms with E-state index in [9.17, 15) is 19.8 Å². The Morgan fingerprint density at radius 2 is 1.85 bits per heavy atom. The maximum Gasteiger partial charge on any atom is 0.311 e. The van der Waals surface area contributed by atoms with Crippen LogP contribution in [0.4, 0.5) is 0 Å². The van der Waals surface area contributed by atoms with Gasteiger partial charge in [0.15, 0.2) is 5.76 Å². The molecule has 3 aromatic rings. The van der Waals surface area contributed by atoms with E-state index in [1.165, 1.54) is 6.07 Å². The van der Waals surface area contributed by atoms with Gasteiger partial charge < -0.3 is 19.4 Å². The van der Waals surface area contributed by atoms with Gasteiger partial charge >= 0.3 is 5.97 Å². The predicted octanol–water partition coefficient (Wildman–Crippen LogP) is 4.36. The smallest absolute Gasteiger partial charge is 0.311 e. The number of ether oxygens (including phenoxy) is 1. The van der Waals surface area contributed by atoms with Gasteiger partial charge in [0.1, 0.15) is 22.5 Å². The van der Waals surface area contributed by atoms with E-state index in [0.29, 0.717) is 12.0 Å². The predicted molar refractivity (Wildman–Crippen MR) is 101 cm³/mol. The summed E-state index contributed by atoms with van der Waals surface area (Å²) in [4.78, 5) is 25.1. The fraction of sp³-hybridized carbons (Fsp3) is 0.238. The summed E-state index contributed by atoms with van der Waals surface area (Å²) in [6.07, 6.45) is 2.68. The first kappa shape index (κ1) is 18.5. The Morgan fingerprint density at radius 3 is 2.56 bits per heavy atom. The van der Waals surface area contributed by atoms with Crippen LogP contribution in [0.25, 0.3) is 22.3 Å². The molecule has 1 heterocycles. The van der Waals surface area contributed by atoms with Crippen LogP contribution in [0, 0.1) is 0 Å². The summed E-state index contributed by atoms with van der Waals surface area (Å²) in [6.45, 7) is 2.02. The Labute approximate surface area is 155 Å². The summed E-state index contributed by atoms with van der Waals surface area (Å²) in [5.74, 6) is -1.42. The van der Waals surface area contributed by atoms with Crippen LogP contribution >= 0.6 is 0 Å². The molecule has 0 unspecified atom stereocenters. The maximum absolute atomic E-state index is 12.9. The quantitative estimate of drug-likeness (QED) is 0.496. The van der Waals surface area contributed by atoms with Gasteiger partial charge in [0.2, 0.25) is 11.2 Å². The first-order chi connectivity index (χ1) is 13.0. The van der Waals surface area contributed by atoms with Gasteiger partial charge in [0.25, 0.3) is 0 Å². The minimum atomic E-state index is -0.670. The van der Waals surface area contributed by atoms with E-state index < -0.39 is 17.1 Å². The van der Waals surface area contributed by atoms with Crippen molar-refractivity contribution in [2.45, 2.75) is 32.6 Å². The Bertz CT molecular complexity index is 1020. The fourth-order valence-corrected chi connectivity index (χ4v) is 2.82. The van der Waals surface area contributed by atoms with Crippen LogP contribution in [0.3, 0.4) is 0 Å². The molecule has 0 spiro atoms. The zero-order valence-electron chi connectivity index (χ0n) is 14.9. The number of hydrogen-bond acceptors (Lipinski definition) is 6. The number of unbranched alkanes of at least 4 members (excludes halogenated alkanes) is 2. The van der Waals surface area contributed by atoms with E-state index >= 15 is 0 Å². The third-order valence-electron chi connectivity index (χ3n) is 4.15. The molecule has 3 rings (SSSR count). The zero-order valence-corrected chi connectivity index (χ0v) is 14.9. The maximum atomic E-state index is 12.9. The number of phenolic OH excluding ortho intramolecular Hbond substituents is 2. The molecule has 0 saturated heterocycles. The number of fused-ring (bicyclic) bond motifs is 1. The van der Waals surface area contributed by atoms with Crippen LogP contribution in [-0.4, -0.2) is 16.2 Å². The molecule has 0 atom stereocenters. The van der Waals surface area contributed by atoms with Crippen molar-refractivity contribution in [1.82, 2.24) is 0 Å². The zero-order chi connectivity index (χ0) is 19.4. The molecular formula is C21H20O6. The lowest BCUT2D eigenvalue weighted by Crippen LogP contribution is -2.16. The van der Waals surface area contributed by atoms with E-state index in [1.807, 2.05) is 6.92 Å². The monoisotopic (exact) mass is 368 g/mol. The number of phenols is 2. The van der Waals surface area contributed by atoms with Gasteiger partial charge in [-0.25, -0.2) is 0 Å². The average Bonchev–Trinajstić information content (AvgIpc) is 2.64. The SMILES string of the molecule is CCCCCC(=O)Oc1c(-c2ccccc2)oc2cc(O)cc(O)c2c1=O. The van der Waals surface area contributed by atoms with Crippen molar-refractivity contribution >= 4 is 16.9 Å². The number of aromatic hydroxyl groups is 2. The number of benzene rings is 2. The minimum Gasteiger partial charge on any atom is -0.508 e. The summed E-state index contributed by atoms with van der Waals surface area (Å²) in [6, 6.07) is 11.0. The third-order valence-corrected chi connectivity index (χ3v) is 4.15. The molecule has 1 aromatic heterocycles. The number of hydrogen-bond donors (Lipinski definition) is 2. The standard InChI is InChI=1S/C21H20O6/c1-2-3-5-10-17(24)27-21-19(25)18-15(23)11-14(22)12-16(18)26-20(21)13-8-6-4-7-9-13/h4,6-9,11-12,22-23H,2-3,5,10H2,1H3. The van der Waals surface area contributed by atoms with Gasteiger partial charge in [-0.2, -0.15) is 0 Å². The number of esters is 1. The normalized spacial score (nSPS) is 10.9. The van der Waals surface area contributed by atoms with Gasteiger partial charge in [-0.15, -0.1) is 0 Å². The lowest BCUT2D eigenvalue weighted by molar-refractivity contribution is -0.134. The molecule has 27 heavy (non-hydrogen) atoms. The van der Waals surface area contributed by atoms with Crippen molar-refractivity contribution in [2.24, 2.45) is 0 Å². The highest BCUT2D eigenvalue weighted by atomic mass is 16.5. The van der Waals surface area contributed by atoms with Gasteiger partial charge in [-0.05, 0) is 6.42 Å².